The van der Waals surface area contributed by atoms with Gasteiger partial charge in [0.2, 0.25) is 0 Å². The zero-order valence-corrected chi connectivity index (χ0v) is 10.4. The van der Waals surface area contributed by atoms with Gasteiger partial charge in [0.15, 0.2) is 5.82 Å². The smallest absolute Gasteiger partial charge is 0.337 e. The number of nitrogens with two attached hydrogens (primary N) is 1. The van der Waals surface area contributed by atoms with Crippen LogP contribution >= 0.6 is 11.8 Å². The average Bonchev–Trinajstić information content (AvgIpc) is 2.29. The zero-order valence-electron chi connectivity index (χ0n) is 9.59. The third-order valence-corrected chi connectivity index (χ3v) is 3.88. The fourth-order valence-electron chi connectivity index (χ4n) is 1.91. The van der Waals surface area contributed by atoms with Crippen LogP contribution in [-0.4, -0.2) is 40.2 Å². The van der Waals surface area contributed by atoms with Gasteiger partial charge in [0.25, 0.3) is 0 Å². The molecule has 0 saturated carbocycles. The molecule has 0 radical (unpaired) electrons. The SMILES string of the molecule is CC1CN(c2nccc(C(=O)O)c2N)CCS1. The maximum Gasteiger partial charge on any atom is 0.337 e. The lowest BCUT2D eigenvalue weighted by Gasteiger charge is -2.32. The van der Waals surface area contributed by atoms with Gasteiger partial charge in [0.1, 0.15) is 0 Å². The van der Waals surface area contributed by atoms with Crippen molar-refractivity contribution >= 4 is 29.2 Å². The summed E-state index contributed by atoms with van der Waals surface area (Å²) in [6.07, 6.45) is 1.50. The summed E-state index contributed by atoms with van der Waals surface area (Å²) in [5, 5.41) is 9.52. The summed E-state index contributed by atoms with van der Waals surface area (Å²) < 4.78 is 0. The molecule has 6 heteroatoms. The maximum atomic E-state index is 11.0. The predicted molar refractivity (Wildman–Crippen MR) is 69.7 cm³/mol. The second-order valence-corrected chi connectivity index (χ2v) is 5.57. The third kappa shape index (κ3) is 2.46. The average molecular weight is 253 g/mol. The van der Waals surface area contributed by atoms with Crippen molar-refractivity contribution in [1.82, 2.24) is 4.98 Å². The second-order valence-electron chi connectivity index (χ2n) is 4.03. The van der Waals surface area contributed by atoms with E-state index in [-0.39, 0.29) is 11.3 Å². The van der Waals surface area contributed by atoms with E-state index in [0.29, 0.717) is 11.1 Å². The van der Waals surface area contributed by atoms with Gasteiger partial charge in [-0.1, -0.05) is 6.92 Å². The molecule has 1 aromatic heterocycles. The van der Waals surface area contributed by atoms with Crippen molar-refractivity contribution in [3.8, 4) is 0 Å². The van der Waals surface area contributed by atoms with Crippen LogP contribution in [0.1, 0.15) is 17.3 Å². The Bertz CT molecular complexity index is 439. The van der Waals surface area contributed by atoms with Crippen LogP contribution < -0.4 is 10.6 Å². The molecular weight excluding hydrogens is 238 g/mol. The van der Waals surface area contributed by atoms with Crippen molar-refractivity contribution in [1.29, 1.82) is 0 Å². The van der Waals surface area contributed by atoms with Gasteiger partial charge in [-0.05, 0) is 6.07 Å². The highest BCUT2D eigenvalue weighted by Crippen LogP contribution is 2.28. The second kappa shape index (κ2) is 4.83. The van der Waals surface area contributed by atoms with Crippen molar-refractivity contribution in [2.24, 2.45) is 0 Å². The first kappa shape index (κ1) is 12.0. The molecular formula is C11H15N3O2S. The third-order valence-electron chi connectivity index (χ3n) is 2.74. The minimum atomic E-state index is -1.01. The van der Waals surface area contributed by atoms with E-state index >= 15 is 0 Å². The number of anilines is 2. The molecule has 0 amide bonds. The highest BCUT2D eigenvalue weighted by molar-refractivity contribution is 8.00. The highest BCUT2D eigenvalue weighted by atomic mass is 32.2. The Morgan fingerprint density at radius 1 is 1.71 bits per heavy atom. The van der Waals surface area contributed by atoms with Crippen molar-refractivity contribution in [3.05, 3.63) is 17.8 Å². The van der Waals surface area contributed by atoms with Gasteiger partial charge in [-0.2, -0.15) is 11.8 Å². The van der Waals surface area contributed by atoms with Crippen LogP contribution in [0.25, 0.3) is 0 Å². The summed E-state index contributed by atoms with van der Waals surface area (Å²) in [5.74, 6) is 0.599. The van der Waals surface area contributed by atoms with Crippen molar-refractivity contribution in [2.75, 3.05) is 29.5 Å². The Balaban J connectivity index is 2.32. The van der Waals surface area contributed by atoms with Crippen LogP contribution in [-0.2, 0) is 0 Å². The number of thioether (sulfide) groups is 1. The van der Waals surface area contributed by atoms with Gasteiger partial charge in [-0.25, -0.2) is 9.78 Å². The van der Waals surface area contributed by atoms with E-state index in [1.54, 1.807) is 0 Å². The topological polar surface area (TPSA) is 79.5 Å². The van der Waals surface area contributed by atoms with Crippen LogP contribution in [0.2, 0.25) is 0 Å². The summed E-state index contributed by atoms with van der Waals surface area (Å²) >= 11 is 1.91. The number of aromatic nitrogens is 1. The number of hydrogen-bond acceptors (Lipinski definition) is 5. The van der Waals surface area contributed by atoms with E-state index in [1.807, 2.05) is 11.8 Å². The number of hydrogen-bond donors (Lipinski definition) is 2. The Hall–Kier alpha value is -1.43. The fourth-order valence-corrected chi connectivity index (χ4v) is 2.92. The summed E-state index contributed by atoms with van der Waals surface area (Å²) in [5.41, 5.74) is 6.26. The quantitative estimate of drug-likeness (QED) is 0.827. The van der Waals surface area contributed by atoms with Crippen LogP contribution in [0.5, 0.6) is 0 Å². The van der Waals surface area contributed by atoms with Crippen LogP contribution in [0.15, 0.2) is 12.3 Å². The summed E-state index contributed by atoms with van der Waals surface area (Å²) in [7, 11) is 0. The molecule has 1 fully saturated rings. The Kier molecular flexibility index (Phi) is 3.42. The molecule has 0 spiro atoms. The molecule has 2 heterocycles. The Morgan fingerprint density at radius 2 is 2.47 bits per heavy atom. The molecule has 0 bridgehead atoms. The molecule has 0 aromatic carbocycles. The molecule has 17 heavy (non-hydrogen) atoms. The summed E-state index contributed by atoms with van der Waals surface area (Å²) in [6.45, 7) is 3.86. The van der Waals surface area contributed by atoms with Gasteiger partial charge >= 0.3 is 5.97 Å². The first-order chi connectivity index (χ1) is 8.09. The monoisotopic (exact) mass is 253 g/mol. The lowest BCUT2D eigenvalue weighted by Crippen LogP contribution is -2.37. The van der Waals surface area contributed by atoms with Gasteiger partial charge in [-0.3, -0.25) is 0 Å². The van der Waals surface area contributed by atoms with Crippen LogP contribution in [0, 0.1) is 0 Å². The number of aromatic carboxylic acids is 1. The largest absolute Gasteiger partial charge is 0.478 e. The molecule has 3 N–H and O–H groups in total. The number of carbonyl (C=O) groups is 1. The summed E-state index contributed by atoms with van der Waals surface area (Å²) in [6, 6.07) is 1.43. The first-order valence-electron chi connectivity index (χ1n) is 5.44. The number of pyridine rings is 1. The standard InChI is InChI=1S/C11H15N3O2S/c1-7-6-14(4-5-17-7)10-9(12)8(11(15)16)2-3-13-10/h2-3,7H,4-6,12H2,1H3,(H,15,16). The van der Waals surface area contributed by atoms with Crippen molar-refractivity contribution in [3.63, 3.8) is 0 Å². The molecule has 1 atom stereocenters. The summed E-state index contributed by atoms with van der Waals surface area (Å²) in [4.78, 5) is 17.3. The molecule has 2 rings (SSSR count). The lowest BCUT2D eigenvalue weighted by atomic mass is 10.2. The maximum absolute atomic E-state index is 11.0. The minimum Gasteiger partial charge on any atom is -0.478 e. The lowest BCUT2D eigenvalue weighted by molar-refractivity contribution is 0.0698. The molecule has 1 saturated heterocycles. The molecule has 1 aromatic rings. The first-order valence-corrected chi connectivity index (χ1v) is 6.49. The number of nitrogens with zero attached hydrogens (tertiary/aromatic N) is 2. The minimum absolute atomic E-state index is 0.126. The van der Waals surface area contributed by atoms with E-state index in [4.69, 9.17) is 10.8 Å². The van der Waals surface area contributed by atoms with E-state index < -0.39 is 5.97 Å². The highest BCUT2D eigenvalue weighted by Gasteiger charge is 2.22. The van der Waals surface area contributed by atoms with Gasteiger partial charge in [0.05, 0.1) is 11.3 Å². The Morgan fingerprint density at radius 3 is 3.12 bits per heavy atom. The van der Waals surface area contributed by atoms with Gasteiger partial charge < -0.3 is 15.7 Å². The number of carboxylic acid groups (broad SMARTS) is 1. The van der Waals surface area contributed by atoms with E-state index in [2.05, 4.69) is 16.8 Å². The van der Waals surface area contributed by atoms with Gasteiger partial charge in [0, 0.05) is 30.3 Å². The molecule has 5 nitrogen and oxygen atoms in total. The van der Waals surface area contributed by atoms with E-state index in [0.717, 1.165) is 18.8 Å². The number of carboxylic acids is 1. The molecule has 1 unspecified atom stereocenters. The van der Waals surface area contributed by atoms with Crippen LogP contribution in [0.3, 0.4) is 0 Å². The molecule has 0 aliphatic carbocycles. The van der Waals surface area contributed by atoms with E-state index in [1.165, 1.54) is 12.3 Å². The molecule has 1 aliphatic heterocycles. The molecule has 1 aliphatic rings. The number of nitrogen functional groups attached to an aromatic ring is 1. The van der Waals surface area contributed by atoms with Crippen molar-refractivity contribution < 1.29 is 9.90 Å². The molecule has 92 valence electrons. The number of rotatable bonds is 2. The normalized spacial score (nSPS) is 20.3. The van der Waals surface area contributed by atoms with Gasteiger partial charge in [-0.15, -0.1) is 0 Å². The zero-order chi connectivity index (χ0) is 12.4. The van der Waals surface area contributed by atoms with E-state index in [9.17, 15) is 4.79 Å². The van der Waals surface area contributed by atoms with Crippen molar-refractivity contribution in [2.45, 2.75) is 12.2 Å². The predicted octanol–water partition coefficient (Wildman–Crippen LogP) is 1.30. The Labute approximate surface area is 104 Å². The van der Waals surface area contributed by atoms with Crippen LogP contribution in [0.4, 0.5) is 11.5 Å². The fraction of sp³-hybridized carbons (Fsp3) is 0.455.